The normalized spacial score (nSPS) is 17.0. The smallest absolute Gasteiger partial charge is 0.0705 e. The molecule has 4 nitrogen and oxygen atoms in total. The lowest BCUT2D eigenvalue weighted by Crippen LogP contribution is -2.45. The lowest BCUT2D eigenvalue weighted by molar-refractivity contribution is 0.172. The van der Waals surface area contributed by atoms with Crippen molar-refractivity contribution in [2.75, 3.05) is 26.2 Å². The van der Waals surface area contributed by atoms with Crippen LogP contribution in [0.2, 0.25) is 0 Å². The molecule has 3 heterocycles. The van der Waals surface area contributed by atoms with Crippen molar-refractivity contribution in [1.29, 1.82) is 0 Å². The van der Waals surface area contributed by atoms with Gasteiger partial charge in [0.1, 0.15) is 0 Å². The Balaban J connectivity index is 1.76. The number of hydrogen-bond donors (Lipinski definition) is 1. The van der Waals surface area contributed by atoms with Crippen LogP contribution in [0.4, 0.5) is 0 Å². The maximum absolute atomic E-state index is 4.56. The van der Waals surface area contributed by atoms with Crippen LogP contribution in [0, 0.1) is 0 Å². The molecule has 1 unspecified atom stereocenters. The molecule has 1 N–H and O–H groups in total. The molecule has 4 rings (SSSR count). The Hall–Kier alpha value is -2.30. The second-order valence-corrected chi connectivity index (χ2v) is 6.24. The van der Waals surface area contributed by atoms with Gasteiger partial charge in [-0.1, -0.05) is 24.3 Å². The molecule has 24 heavy (non-hydrogen) atoms. The van der Waals surface area contributed by atoms with E-state index in [0.717, 1.165) is 43.8 Å². The topological polar surface area (TPSA) is 41.1 Å². The zero-order valence-corrected chi connectivity index (χ0v) is 13.7. The fraction of sp³-hybridized carbons (Fsp3) is 0.300. The van der Waals surface area contributed by atoms with E-state index in [-0.39, 0.29) is 0 Å². The van der Waals surface area contributed by atoms with Gasteiger partial charge in [-0.25, -0.2) is 0 Å². The van der Waals surface area contributed by atoms with Crippen molar-refractivity contribution in [2.45, 2.75) is 12.5 Å². The molecule has 0 amide bonds. The van der Waals surface area contributed by atoms with Crippen molar-refractivity contribution in [3.8, 4) is 0 Å². The summed E-state index contributed by atoms with van der Waals surface area (Å²) in [5.74, 6) is 0. The average Bonchev–Trinajstić information content (AvgIpc) is 2.67. The molecule has 1 saturated heterocycles. The number of pyridine rings is 2. The van der Waals surface area contributed by atoms with Crippen LogP contribution in [-0.4, -0.2) is 41.0 Å². The number of benzene rings is 1. The van der Waals surface area contributed by atoms with Crippen LogP contribution in [0.25, 0.3) is 10.9 Å². The molecule has 3 aromatic rings. The lowest BCUT2D eigenvalue weighted by atomic mass is 9.96. The van der Waals surface area contributed by atoms with Gasteiger partial charge in [0, 0.05) is 62.1 Å². The summed E-state index contributed by atoms with van der Waals surface area (Å²) in [5.41, 5.74) is 3.56. The molecule has 1 aromatic carbocycles. The van der Waals surface area contributed by atoms with Crippen LogP contribution >= 0.6 is 0 Å². The van der Waals surface area contributed by atoms with Crippen LogP contribution in [-0.2, 0) is 6.42 Å². The largest absolute Gasteiger partial charge is 0.314 e. The van der Waals surface area contributed by atoms with Gasteiger partial charge in [0.15, 0.2) is 0 Å². The Labute approximate surface area is 142 Å². The number of nitrogens with one attached hydrogen (secondary N) is 1. The summed E-state index contributed by atoms with van der Waals surface area (Å²) in [4.78, 5) is 11.7. The van der Waals surface area contributed by atoms with Crippen molar-refractivity contribution in [1.82, 2.24) is 20.2 Å². The molecule has 4 heteroatoms. The van der Waals surface area contributed by atoms with E-state index < -0.39 is 0 Å². The van der Waals surface area contributed by atoms with E-state index >= 15 is 0 Å². The molecule has 0 saturated carbocycles. The monoisotopic (exact) mass is 318 g/mol. The summed E-state index contributed by atoms with van der Waals surface area (Å²) in [7, 11) is 0. The summed E-state index contributed by atoms with van der Waals surface area (Å²) in [6.45, 7) is 4.21. The number of hydrogen-bond acceptors (Lipinski definition) is 4. The first-order chi connectivity index (χ1) is 11.9. The first-order valence-corrected chi connectivity index (χ1v) is 8.60. The minimum Gasteiger partial charge on any atom is -0.314 e. The third kappa shape index (κ3) is 3.16. The van der Waals surface area contributed by atoms with Gasteiger partial charge in [0.2, 0.25) is 0 Å². The van der Waals surface area contributed by atoms with E-state index in [2.05, 4.69) is 62.6 Å². The molecule has 0 radical (unpaired) electrons. The SMILES string of the molecule is c1ccc(CC(c2ccnc3ccccc23)N2CCNCC2)nc1. The molecule has 1 aliphatic heterocycles. The maximum atomic E-state index is 4.56. The second-order valence-electron chi connectivity index (χ2n) is 6.24. The number of rotatable bonds is 4. The molecule has 0 aliphatic carbocycles. The highest BCUT2D eigenvalue weighted by atomic mass is 15.2. The highest BCUT2D eigenvalue weighted by Crippen LogP contribution is 2.30. The van der Waals surface area contributed by atoms with Crippen LogP contribution in [0.15, 0.2) is 60.9 Å². The highest BCUT2D eigenvalue weighted by molar-refractivity contribution is 5.82. The van der Waals surface area contributed by atoms with Gasteiger partial charge in [0.05, 0.1) is 5.52 Å². The molecule has 1 atom stereocenters. The van der Waals surface area contributed by atoms with Crippen LogP contribution in [0.1, 0.15) is 17.3 Å². The summed E-state index contributed by atoms with van der Waals surface area (Å²) in [5, 5.41) is 4.70. The van der Waals surface area contributed by atoms with Crippen LogP contribution in [0.3, 0.4) is 0 Å². The quantitative estimate of drug-likeness (QED) is 0.803. The predicted molar refractivity (Wildman–Crippen MR) is 96.9 cm³/mol. The average molecular weight is 318 g/mol. The van der Waals surface area contributed by atoms with E-state index in [0.29, 0.717) is 6.04 Å². The molecule has 0 spiro atoms. The van der Waals surface area contributed by atoms with E-state index in [1.54, 1.807) is 0 Å². The Kier molecular flexibility index (Phi) is 4.49. The highest BCUT2D eigenvalue weighted by Gasteiger charge is 2.24. The van der Waals surface area contributed by atoms with Gasteiger partial charge in [-0.2, -0.15) is 0 Å². The van der Waals surface area contributed by atoms with E-state index in [1.807, 2.05) is 18.5 Å². The Morgan fingerprint density at radius 3 is 2.58 bits per heavy atom. The van der Waals surface area contributed by atoms with E-state index in [1.165, 1.54) is 10.9 Å². The third-order valence-electron chi connectivity index (χ3n) is 4.76. The lowest BCUT2D eigenvalue weighted by Gasteiger charge is -2.35. The number of nitrogens with zero attached hydrogens (tertiary/aromatic N) is 3. The summed E-state index contributed by atoms with van der Waals surface area (Å²) in [6.07, 6.45) is 4.74. The van der Waals surface area contributed by atoms with Crippen molar-refractivity contribution < 1.29 is 0 Å². The zero-order chi connectivity index (χ0) is 16.2. The fourth-order valence-electron chi connectivity index (χ4n) is 3.56. The minimum absolute atomic E-state index is 0.329. The van der Waals surface area contributed by atoms with E-state index in [4.69, 9.17) is 0 Å². The molecule has 0 bridgehead atoms. The van der Waals surface area contributed by atoms with Crippen molar-refractivity contribution in [3.05, 3.63) is 72.2 Å². The Morgan fingerprint density at radius 2 is 1.75 bits per heavy atom. The molecule has 2 aromatic heterocycles. The third-order valence-corrected chi connectivity index (χ3v) is 4.76. The van der Waals surface area contributed by atoms with Gasteiger partial charge in [-0.05, 0) is 29.8 Å². The molecular weight excluding hydrogens is 296 g/mol. The van der Waals surface area contributed by atoms with Gasteiger partial charge in [-0.15, -0.1) is 0 Å². The van der Waals surface area contributed by atoms with Gasteiger partial charge in [-0.3, -0.25) is 14.9 Å². The molecule has 1 aliphatic rings. The fourth-order valence-corrected chi connectivity index (χ4v) is 3.56. The first-order valence-electron chi connectivity index (χ1n) is 8.60. The number of fused-ring (bicyclic) bond motifs is 1. The van der Waals surface area contributed by atoms with Gasteiger partial charge < -0.3 is 5.32 Å². The Bertz CT molecular complexity index is 792. The molecule has 1 fully saturated rings. The van der Waals surface area contributed by atoms with E-state index in [9.17, 15) is 0 Å². The second kappa shape index (κ2) is 7.07. The maximum Gasteiger partial charge on any atom is 0.0705 e. The molecule has 122 valence electrons. The predicted octanol–water partition coefficient (Wildman–Crippen LogP) is 2.82. The Morgan fingerprint density at radius 1 is 0.917 bits per heavy atom. The van der Waals surface area contributed by atoms with Crippen LogP contribution < -0.4 is 5.32 Å². The summed E-state index contributed by atoms with van der Waals surface area (Å²) >= 11 is 0. The minimum atomic E-state index is 0.329. The molecular formula is C20H22N4. The number of para-hydroxylation sites is 1. The van der Waals surface area contributed by atoms with Crippen molar-refractivity contribution in [3.63, 3.8) is 0 Å². The standard InChI is InChI=1S/C20H22N4/c1-2-7-19-17(6-1)18(8-10-23-19)20(24-13-11-21-12-14-24)15-16-5-3-4-9-22-16/h1-10,20-21H,11-15H2. The number of piperazine rings is 1. The van der Waals surface area contributed by atoms with Gasteiger partial charge in [0.25, 0.3) is 0 Å². The zero-order valence-electron chi connectivity index (χ0n) is 13.7. The van der Waals surface area contributed by atoms with Crippen LogP contribution in [0.5, 0.6) is 0 Å². The first kappa shape index (κ1) is 15.2. The number of aromatic nitrogens is 2. The van der Waals surface area contributed by atoms with Crippen molar-refractivity contribution >= 4 is 10.9 Å². The van der Waals surface area contributed by atoms with Crippen molar-refractivity contribution in [2.24, 2.45) is 0 Å². The summed E-state index contributed by atoms with van der Waals surface area (Å²) in [6, 6.07) is 17.1. The van der Waals surface area contributed by atoms with Gasteiger partial charge >= 0.3 is 0 Å². The summed E-state index contributed by atoms with van der Waals surface area (Å²) < 4.78 is 0.